The Bertz CT molecular complexity index is 577. The molecule has 0 fully saturated rings. The second-order valence-electron chi connectivity index (χ2n) is 3.77. The monoisotopic (exact) mass is 263 g/mol. The molecule has 19 heavy (non-hydrogen) atoms. The summed E-state index contributed by atoms with van der Waals surface area (Å²) in [5.41, 5.74) is 0.756. The van der Waals surface area contributed by atoms with Gasteiger partial charge in [-0.1, -0.05) is 0 Å². The lowest BCUT2D eigenvalue weighted by Gasteiger charge is -2.04. The van der Waals surface area contributed by atoms with Crippen molar-refractivity contribution in [3.8, 4) is 17.1 Å². The maximum absolute atomic E-state index is 10.9. The van der Waals surface area contributed by atoms with Gasteiger partial charge < -0.3 is 19.6 Å². The molecule has 100 valence electrons. The molecule has 0 unspecified atom stereocenters. The normalized spacial score (nSPS) is 10.4. The van der Waals surface area contributed by atoms with Crippen molar-refractivity contribution >= 4 is 5.82 Å². The first-order chi connectivity index (χ1) is 9.17. The standard InChI is InChI=1S/C12H13N3O4/c1-18-8-14-11(15(16)17)7-13-12(14)9-3-5-10(19-2)6-4-9/h3-7H,8H2,1-2H3. The Kier molecular flexibility index (Phi) is 3.76. The topological polar surface area (TPSA) is 79.4 Å². The van der Waals surface area contributed by atoms with Crippen LogP contribution >= 0.6 is 0 Å². The largest absolute Gasteiger partial charge is 0.497 e. The Morgan fingerprint density at radius 1 is 1.32 bits per heavy atom. The number of nitrogens with zero attached hydrogens (tertiary/aromatic N) is 3. The molecule has 0 saturated carbocycles. The molecule has 0 aliphatic rings. The number of imidazole rings is 1. The van der Waals surface area contributed by atoms with Gasteiger partial charge in [0.25, 0.3) is 0 Å². The number of hydrogen-bond acceptors (Lipinski definition) is 5. The highest BCUT2D eigenvalue weighted by atomic mass is 16.6. The fourth-order valence-corrected chi connectivity index (χ4v) is 1.74. The van der Waals surface area contributed by atoms with E-state index in [1.165, 1.54) is 17.9 Å². The minimum absolute atomic E-state index is 0.0671. The van der Waals surface area contributed by atoms with Crippen LogP contribution in [0.5, 0.6) is 5.75 Å². The van der Waals surface area contributed by atoms with Gasteiger partial charge in [0.05, 0.1) is 7.11 Å². The molecular weight excluding hydrogens is 250 g/mol. The number of hydrogen-bond donors (Lipinski definition) is 0. The van der Waals surface area contributed by atoms with Gasteiger partial charge in [0, 0.05) is 12.7 Å². The molecule has 1 aromatic carbocycles. The molecule has 2 aromatic rings. The summed E-state index contributed by atoms with van der Waals surface area (Å²) in [6, 6.07) is 7.12. The predicted octanol–water partition coefficient (Wildman–Crippen LogP) is 2.07. The average molecular weight is 263 g/mol. The van der Waals surface area contributed by atoms with Gasteiger partial charge in [-0.25, -0.2) is 4.98 Å². The molecule has 0 atom stereocenters. The van der Waals surface area contributed by atoms with Gasteiger partial charge in [-0.05, 0) is 29.2 Å². The summed E-state index contributed by atoms with van der Waals surface area (Å²) < 4.78 is 11.4. The van der Waals surface area contributed by atoms with Crippen LogP contribution in [0, 0.1) is 10.1 Å². The fourth-order valence-electron chi connectivity index (χ4n) is 1.74. The second-order valence-corrected chi connectivity index (χ2v) is 3.77. The Hall–Kier alpha value is -2.41. The molecule has 0 bridgehead atoms. The quantitative estimate of drug-likeness (QED) is 0.609. The second kappa shape index (κ2) is 5.49. The van der Waals surface area contributed by atoms with Crippen molar-refractivity contribution in [1.82, 2.24) is 9.55 Å². The van der Waals surface area contributed by atoms with Crippen molar-refractivity contribution in [2.24, 2.45) is 0 Å². The zero-order chi connectivity index (χ0) is 13.8. The summed E-state index contributed by atoms with van der Waals surface area (Å²) in [6.45, 7) is 0.0671. The van der Waals surface area contributed by atoms with Crippen LogP contribution in [0.3, 0.4) is 0 Å². The molecule has 0 aliphatic heterocycles. The Morgan fingerprint density at radius 3 is 2.53 bits per heavy atom. The molecule has 2 rings (SSSR count). The van der Waals surface area contributed by atoms with Crippen LogP contribution in [-0.4, -0.2) is 28.7 Å². The van der Waals surface area contributed by atoms with Gasteiger partial charge in [-0.2, -0.15) is 4.57 Å². The Balaban J connectivity index is 2.45. The van der Waals surface area contributed by atoms with Crippen LogP contribution in [0.4, 0.5) is 5.82 Å². The molecule has 0 aliphatic carbocycles. The smallest absolute Gasteiger partial charge is 0.345 e. The Labute approximate surface area is 109 Å². The molecule has 0 N–H and O–H groups in total. The third kappa shape index (κ3) is 2.55. The van der Waals surface area contributed by atoms with Crippen molar-refractivity contribution in [2.45, 2.75) is 6.73 Å². The van der Waals surface area contributed by atoms with E-state index in [2.05, 4.69) is 4.98 Å². The van der Waals surface area contributed by atoms with Crippen molar-refractivity contribution in [1.29, 1.82) is 0 Å². The predicted molar refractivity (Wildman–Crippen MR) is 67.9 cm³/mol. The van der Waals surface area contributed by atoms with Crippen molar-refractivity contribution in [3.63, 3.8) is 0 Å². The highest BCUT2D eigenvalue weighted by Crippen LogP contribution is 2.25. The van der Waals surface area contributed by atoms with E-state index in [1.807, 2.05) is 0 Å². The zero-order valence-corrected chi connectivity index (χ0v) is 10.6. The highest BCUT2D eigenvalue weighted by molar-refractivity contribution is 5.58. The van der Waals surface area contributed by atoms with E-state index in [4.69, 9.17) is 9.47 Å². The van der Waals surface area contributed by atoms with E-state index in [-0.39, 0.29) is 12.5 Å². The van der Waals surface area contributed by atoms with Crippen LogP contribution in [-0.2, 0) is 11.5 Å². The molecular formula is C12H13N3O4. The number of aromatic nitrogens is 2. The van der Waals surface area contributed by atoms with Gasteiger partial charge in [0.2, 0.25) is 5.82 Å². The number of nitro groups is 1. The minimum Gasteiger partial charge on any atom is -0.497 e. The van der Waals surface area contributed by atoms with Crippen LogP contribution in [0.1, 0.15) is 0 Å². The maximum atomic E-state index is 10.9. The number of ether oxygens (including phenoxy) is 2. The van der Waals surface area contributed by atoms with E-state index in [9.17, 15) is 10.1 Å². The highest BCUT2D eigenvalue weighted by Gasteiger charge is 2.21. The van der Waals surface area contributed by atoms with Crippen LogP contribution in [0.25, 0.3) is 11.4 Å². The van der Waals surface area contributed by atoms with Crippen molar-refractivity contribution < 1.29 is 14.4 Å². The third-order valence-electron chi connectivity index (χ3n) is 2.63. The maximum Gasteiger partial charge on any atom is 0.345 e. The van der Waals surface area contributed by atoms with Crippen LogP contribution in [0.2, 0.25) is 0 Å². The minimum atomic E-state index is -0.487. The van der Waals surface area contributed by atoms with Crippen LogP contribution in [0.15, 0.2) is 30.5 Å². The molecule has 1 heterocycles. The van der Waals surface area contributed by atoms with E-state index >= 15 is 0 Å². The lowest BCUT2D eigenvalue weighted by atomic mass is 10.2. The van der Waals surface area contributed by atoms with E-state index in [0.29, 0.717) is 11.6 Å². The summed E-state index contributed by atoms with van der Waals surface area (Å²) in [5, 5.41) is 10.9. The number of benzene rings is 1. The summed E-state index contributed by atoms with van der Waals surface area (Å²) in [7, 11) is 3.05. The summed E-state index contributed by atoms with van der Waals surface area (Å²) in [4.78, 5) is 14.5. The molecule has 0 spiro atoms. The molecule has 7 nitrogen and oxygen atoms in total. The summed E-state index contributed by atoms with van der Waals surface area (Å²) >= 11 is 0. The zero-order valence-electron chi connectivity index (χ0n) is 10.6. The summed E-state index contributed by atoms with van der Waals surface area (Å²) in [5.74, 6) is 1.09. The van der Waals surface area contributed by atoms with E-state index in [1.54, 1.807) is 31.4 Å². The number of methoxy groups -OCH3 is 2. The molecule has 0 radical (unpaired) electrons. The van der Waals surface area contributed by atoms with Gasteiger partial charge in [0.15, 0.2) is 6.73 Å². The first-order valence-corrected chi connectivity index (χ1v) is 5.50. The molecule has 7 heteroatoms. The third-order valence-corrected chi connectivity index (χ3v) is 2.63. The number of rotatable bonds is 5. The molecule has 0 amide bonds. The molecule has 1 aromatic heterocycles. The average Bonchev–Trinajstić information content (AvgIpc) is 2.83. The van der Waals surface area contributed by atoms with E-state index < -0.39 is 4.92 Å². The van der Waals surface area contributed by atoms with Crippen LogP contribution < -0.4 is 4.74 Å². The first-order valence-electron chi connectivity index (χ1n) is 5.50. The summed E-state index contributed by atoms with van der Waals surface area (Å²) in [6.07, 6.45) is 1.22. The lowest BCUT2D eigenvalue weighted by molar-refractivity contribution is -0.392. The Morgan fingerprint density at radius 2 is 2.00 bits per heavy atom. The van der Waals surface area contributed by atoms with Crippen molar-refractivity contribution in [3.05, 3.63) is 40.6 Å². The van der Waals surface area contributed by atoms with Gasteiger partial charge in [-0.15, -0.1) is 0 Å². The van der Waals surface area contributed by atoms with E-state index in [0.717, 1.165) is 5.56 Å². The van der Waals surface area contributed by atoms with Gasteiger partial charge >= 0.3 is 5.82 Å². The van der Waals surface area contributed by atoms with Gasteiger partial charge in [-0.3, -0.25) is 0 Å². The lowest BCUT2D eigenvalue weighted by Crippen LogP contribution is -2.06. The molecule has 0 saturated heterocycles. The fraction of sp³-hybridized carbons (Fsp3) is 0.250. The SMILES string of the molecule is COCn1c([N+](=O)[O-])cnc1-c1ccc(OC)cc1. The van der Waals surface area contributed by atoms with Gasteiger partial charge in [0.1, 0.15) is 11.9 Å². The van der Waals surface area contributed by atoms with Crippen molar-refractivity contribution in [2.75, 3.05) is 14.2 Å². The first kappa shape index (κ1) is 13.0.